The first-order chi connectivity index (χ1) is 14.6. The second-order valence-corrected chi connectivity index (χ2v) is 7.27. The highest BCUT2D eigenvalue weighted by atomic mass is 16.5. The van der Waals surface area contributed by atoms with Crippen molar-refractivity contribution in [2.45, 2.75) is 26.3 Å². The molecule has 1 aliphatic rings. The Kier molecular flexibility index (Phi) is 7.94. The molecular formula is C23H30N4O3. The molecule has 3 rings (SSSR count). The molecule has 2 aromatic carbocycles. The number of nitrogens with one attached hydrogen (secondary N) is 3. The summed E-state index contributed by atoms with van der Waals surface area (Å²) in [6.07, 6.45) is 2.55. The lowest BCUT2D eigenvalue weighted by Gasteiger charge is -2.15. The molecular weight excluding hydrogens is 380 g/mol. The molecule has 0 heterocycles. The zero-order chi connectivity index (χ0) is 21.2. The van der Waals surface area contributed by atoms with Crippen LogP contribution in [0.5, 0.6) is 11.5 Å². The molecule has 30 heavy (non-hydrogen) atoms. The number of anilines is 1. The van der Waals surface area contributed by atoms with Gasteiger partial charge in [-0.25, -0.2) is 0 Å². The lowest BCUT2D eigenvalue weighted by Crippen LogP contribution is -2.38. The standard InChI is InChI=1S/C23H30N4O3/c1-17(28)27-20-7-5-8-21(14-20)29-13-12-25-23(24-2)26-15-19-6-3-4-9-22(19)30-16-18-10-11-18/h3-9,14,18H,10-13,15-16H2,1-2H3,(H,27,28)(H2,24,25,26). The summed E-state index contributed by atoms with van der Waals surface area (Å²) in [5, 5.41) is 9.30. The number of aliphatic imine (C=N–C) groups is 1. The molecule has 0 spiro atoms. The normalized spacial score (nSPS) is 13.5. The van der Waals surface area contributed by atoms with Gasteiger partial charge in [0.05, 0.1) is 13.2 Å². The van der Waals surface area contributed by atoms with Gasteiger partial charge in [-0.15, -0.1) is 0 Å². The predicted octanol–water partition coefficient (Wildman–Crippen LogP) is 3.18. The van der Waals surface area contributed by atoms with E-state index < -0.39 is 0 Å². The van der Waals surface area contributed by atoms with Crippen molar-refractivity contribution in [2.24, 2.45) is 10.9 Å². The van der Waals surface area contributed by atoms with Gasteiger partial charge in [-0.2, -0.15) is 0 Å². The third-order valence-corrected chi connectivity index (χ3v) is 4.63. The van der Waals surface area contributed by atoms with Gasteiger partial charge in [-0.3, -0.25) is 9.79 Å². The van der Waals surface area contributed by atoms with Crippen molar-refractivity contribution < 1.29 is 14.3 Å². The minimum absolute atomic E-state index is 0.108. The molecule has 3 N–H and O–H groups in total. The van der Waals surface area contributed by atoms with Crippen LogP contribution in [-0.2, 0) is 11.3 Å². The quantitative estimate of drug-likeness (QED) is 0.318. The Morgan fingerprint density at radius 3 is 2.70 bits per heavy atom. The molecule has 1 amide bonds. The number of carbonyl (C=O) groups is 1. The topological polar surface area (TPSA) is 84.0 Å². The van der Waals surface area contributed by atoms with Crippen LogP contribution < -0.4 is 25.4 Å². The number of ether oxygens (including phenoxy) is 2. The van der Waals surface area contributed by atoms with Crippen molar-refractivity contribution in [3.05, 3.63) is 54.1 Å². The fourth-order valence-electron chi connectivity index (χ4n) is 2.89. The Morgan fingerprint density at radius 2 is 1.93 bits per heavy atom. The van der Waals surface area contributed by atoms with E-state index in [4.69, 9.17) is 9.47 Å². The van der Waals surface area contributed by atoms with E-state index in [0.717, 1.165) is 23.8 Å². The summed E-state index contributed by atoms with van der Waals surface area (Å²) in [4.78, 5) is 15.4. The van der Waals surface area contributed by atoms with E-state index in [1.807, 2.05) is 36.4 Å². The van der Waals surface area contributed by atoms with Crippen LogP contribution in [0.2, 0.25) is 0 Å². The number of hydrogen-bond acceptors (Lipinski definition) is 4. The second-order valence-electron chi connectivity index (χ2n) is 7.27. The average Bonchev–Trinajstić information content (AvgIpc) is 3.57. The summed E-state index contributed by atoms with van der Waals surface area (Å²) in [5.74, 6) is 2.94. The van der Waals surface area contributed by atoms with E-state index >= 15 is 0 Å². The molecule has 0 saturated heterocycles. The highest BCUT2D eigenvalue weighted by Crippen LogP contribution is 2.30. The van der Waals surface area contributed by atoms with Crippen LogP contribution in [0.1, 0.15) is 25.3 Å². The van der Waals surface area contributed by atoms with Crippen molar-refractivity contribution in [3.63, 3.8) is 0 Å². The summed E-state index contributed by atoms with van der Waals surface area (Å²) < 4.78 is 11.7. The highest BCUT2D eigenvalue weighted by Gasteiger charge is 2.22. The minimum atomic E-state index is -0.108. The van der Waals surface area contributed by atoms with Crippen LogP contribution in [0.15, 0.2) is 53.5 Å². The maximum absolute atomic E-state index is 11.2. The first kappa shape index (κ1) is 21.5. The molecule has 0 atom stereocenters. The third-order valence-electron chi connectivity index (χ3n) is 4.63. The van der Waals surface area contributed by atoms with Crippen LogP contribution in [0.25, 0.3) is 0 Å². The minimum Gasteiger partial charge on any atom is -0.493 e. The van der Waals surface area contributed by atoms with E-state index in [1.165, 1.54) is 19.8 Å². The fourth-order valence-corrected chi connectivity index (χ4v) is 2.89. The molecule has 0 radical (unpaired) electrons. The van der Waals surface area contributed by atoms with E-state index in [1.54, 1.807) is 13.1 Å². The fraction of sp³-hybridized carbons (Fsp3) is 0.391. The first-order valence-electron chi connectivity index (χ1n) is 10.3. The number of hydrogen-bond donors (Lipinski definition) is 3. The summed E-state index contributed by atoms with van der Waals surface area (Å²) in [5.41, 5.74) is 1.82. The zero-order valence-corrected chi connectivity index (χ0v) is 17.6. The van der Waals surface area contributed by atoms with Gasteiger partial charge in [0.2, 0.25) is 5.91 Å². The number of amides is 1. The highest BCUT2D eigenvalue weighted by molar-refractivity contribution is 5.88. The van der Waals surface area contributed by atoms with E-state index in [-0.39, 0.29) is 5.91 Å². The number of benzene rings is 2. The molecule has 0 aromatic heterocycles. The largest absolute Gasteiger partial charge is 0.493 e. The van der Waals surface area contributed by atoms with Crippen molar-refractivity contribution in [1.82, 2.24) is 10.6 Å². The molecule has 1 aliphatic carbocycles. The molecule has 160 valence electrons. The second kappa shape index (κ2) is 11.1. The Balaban J connectivity index is 1.40. The summed E-state index contributed by atoms with van der Waals surface area (Å²) in [7, 11) is 1.74. The van der Waals surface area contributed by atoms with Gasteiger partial charge in [0.15, 0.2) is 5.96 Å². The lowest BCUT2D eigenvalue weighted by atomic mass is 10.2. The van der Waals surface area contributed by atoms with Crippen molar-refractivity contribution in [3.8, 4) is 11.5 Å². The predicted molar refractivity (Wildman–Crippen MR) is 119 cm³/mol. The van der Waals surface area contributed by atoms with Gasteiger partial charge >= 0.3 is 0 Å². The Morgan fingerprint density at radius 1 is 1.10 bits per heavy atom. The number of guanidine groups is 1. The van der Waals surface area contributed by atoms with Crippen molar-refractivity contribution in [1.29, 1.82) is 0 Å². The Bertz CT molecular complexity index is 865. The third kappa shape index (κ3) is 7.31. The SMILES string of the molecule is CN=C(NCCOc1cccc(NC(C)=O)c1)NCc1ccccc1OCC1CC1. The van der Waals surface area contributed by atoms with Crippen molar-refractivity contribution in [2.75, 3.05) is 32.1 Å². The molecule has 1 saturated carbocycles. The maximum Gasteiger partial charge on any atom is 0.221 e. The Labute approximate surface area is 177 Å². The number of carbonyl (C=O) groups excluding carboxylic acids is 1. The summed E-state index contributed by atoms with van der Waals surface area (Å²) >= 11 is 0. The molecule has 2 aromatic rings. The van der Waals surface area contributed by atoms with Gasteiger partial charge in [0.1, 0.15) is 18.1 Å². The van der Waals surface area contributed by atoms with E-state index in [2.05, 4.69) is 27.0 Å². The molecule has 0 unspecified atom stereocenters. The van der Waals surface area contributed by atoms with E-state index in [9.17, 15) is 4.79 Å². The Hall–Kier alpha value is -3.22. The van der Waals surface area contributed by atoms with Crippen LogP contribution >= 0.6 is 0 Å². The lowest BCUT2D eigenvalue weighted by molar-refractivity contribution is -0.114. The summed E-state index contributed by atoms with van der Waals surface area (Å²) in [6, 6.07) is 15.4. The van der Waals surface area contributed by atoms with Gasteiger partial charge in [0, 0.05) is 37.8 Å². The average molecular weight is 411 g/mol. The zero-order valence-electron chi connectivity index (χ0n) is 17.6. The smallest absolute Gasteiger partial charge is 0.221 e. The van der Waals surface area contributed by atoms with Crippen LogP contribution in [0.4, 0.5) is 5.69 Å². The monoisotopic (exact) mass is 410 g/mol. The number of nitrogens with zero attached hydrogens (tertiary/aromatic N) is 1. The molecule has 7 nitrogen and oxygen atoms in total. The van der Waals surface area contributed by atoms with Gasteiger partial charge < -0.3 is 25.4 Å². The maximum atomic E-state index is 11.2. The summed E-state index contributed by atoms with van der Waals surface area (Å²) in [6.45, 7) is 3.95. The van der Waals surface area contributed by atoms with Crippen LogP contribution in [0.3, 0.4) is 0 Å². The number of para-hydroxylation sites is 1. The van der Waals surface area contributed by atoms with Crippen molar-refractivity contribution >= 4 is 17.6 Å². The number of rotatable bonds is 10. The van der Waals surface area contributed by atoms with Crippen LogP contribution in [0, 0.1) is 5.92 Å². The van der Waals surface area contributed by atoms with Gasteiger partial charge in [-0.05, 0) is 37.0 Å². The first-order valence-corrected chi connectivity index (χ1v) is 10.3. The van der Waals surface area contributed by atoms with E-state index in [0.29, 0.717) is 37.1 Å². The van der Waals surface area contributed by atoms with Gasteiger partial charge in [-0.1, -0.05) is 24.3 Å². The van der Waals surface area contributed by atoms with Gasteiger partial charge in [0.25, 0.3) is 0 Å². The molecule has 1 fully saturated rings. The molecule has 0 aliphatic heterocycles. The molecule has 0 bridgehead atoms. The molecule has 7 heteroatoms. The van der Waals surface area contributed by atoms with Crippen LogP contribution in [-0.4, -0.2) is 38.7 Å².